The van der Waals surface area contributed by atoms with Crippen LogP contribution in [0.15, 0.2) is 18.2 Å². The van der Waals surface area contributed by atoms with Crippen molar-refractivity contribution in [1.82, 2.24) is 15.3 Å². The van der Waals surface area contributed by atoms with Gasteiger partial charge in [-0.3, -0.25) is 4.79 Å². The van der Waals surface area contributed by atoms with Crippen LogP contribution >= 0.6 is 0 Å². The molecule has 0 saturated heterocycles. The molecule has 0 aliphatic carbocycles. The van der Waals surface area contributed by atoms with E-state index in [1.807, 2.05) is 32.0 Å². The number of hydrogen-bond acceptors (Lipinski definition) is 3. The molecule has 0 aliphatic rings. The summed E-state index contributed by atoms with van der Waals surface area (Å²) in [7, 11) is 0. The van der Waals surface area contributed by atoms with E-state index in [1.54, 1.807) is 0 Å². The van der Waals surface area contributed by atoms with Gasteiger partial charge in [0.15, 0.2) is 0 Å². The van der Waals surface area contributed by atoms with E-state index in [0.717, 1.165) is 29.1 Å². The topological polar surface area (TPSA) is 69.8 Å². The van der Waals surface area contributed by atoms with Crippen LogP contribution in [0, 0.1) is 6.92 Å². The lowest BCUT2D eigenvalue weighted by Crippen LogP contribution is -2.21. The van der Waals surface area contributed by atoms with Crippen molar-refractivity contribution in [3.8, 4) is 0 Å². The van der Waals surface area contributed by atoms with Gasteiger partial charge in [0.05, 0.1) is 11.0 Å². The minimum absolute atomic E-state index is 0.0199. The van der Waals surface area contributed by atoms with Gasteiger partial charge >= 0.3 is 0 Å². The van der Waals surface area contributed by atoms with Crippen LogP contribution in [0.3, 0.4) is 0 Å². The average Bonchev–Trinajstić information content (AvgIpc) is 2.69. The van der Waals surface area contributed by atoms with Crippen LogP contribution in [0.4, 0.5) is 5.69 Å². The zero-order chi connectivity index (χ0) is 13.0. The molecule has 2 aromatic rings. The number of rotatable bonds is 5. The summed E-state index contributed by atoms with van der Waals surface area (Å²) < 4.78 is 0. The molecule has 0 spiro atoms. The maximum atomic E-state index is 11.7. The monoisotopic (exact) mass is 246 g/mol. The number of anilines is 1. The number of amides is 1. The van der Waals surface area contributed by atoms with E-state index in [0.29, 0.717) is 13.0 Å². The fraction of sp³-hybridized carbons (Fsp3) is 0.385. The number of nitrogens with zero attached hydrogens (tertiary/aromatic N) is 1. The molecule has 0 radical (unpaired) electrons. The molecule has 1 heterocycles. The van der Waals surface area contributed by atoms with E-state index in [4.69, 9.17) is 0 Å². The molecule has 1 amide bonds. The lowest BCUT2D eigenvalue weighted by atomic mass is 10.2. The van der Waals surface area contributed by atoms with E-state index in [1.165, 1.54) is 0 Å². The van der Waals surface area contributed by atoms with Crippen LogP contribution in [-0.4, -0.2) is 29.0 Å². The first-order chi connectivity index (χ1) is 8.69. The highest BCUT2D eigenvalue weighted by atomic mass is 16.1. The Morgan fingerprint density at radius 3 is 3.06 bits per heavy atom. The Labute approximate surface area is 106 Å². The summed E-state index contributed by atoms with van der Waals surface area (Å²) in [5.74, 6) is 0.896. The minimum Gasteiger partial charge on any atom is -0.342 e. The van der Waals surface area contributed by atoms with Crippen LogP contribution in [0.25, 0.3) is 11.0 Å². The molecule has 0 saturated carbocycles. The third kappa shape index (κ3) is 3.07. The van der Waals surface area contributed by atoms with Crippen molar-refractivity contribution < 1.29 is 4.79 Å². The molecule has 96 valence electrons. The second-order valence-corrected chi connectivity index (χ2v) is 4.21. The third-order valence-corrected chi connectivity index (χ3v) is 2.66. The highest BCUT2D eigenvalue weighted by Crippen LogP contribution is 2.17. The van der Waals surface area contributed by atoms with Crippen LogP contribution in [0.2, 0.25) is 0 Å². The number of aromatic amines is 1. The van der Waals surface area contributed by atoms with Gasteiger partial charge in [0.25, 0.3) is 0 Å². The van der Waals surface area contributed by atoms with Crippen molar-refractivity contribution in [3.63, 3.8) is 0 Å². The Balaban J connectivity index is 2.00. The highest BCUT2D eigenvalue weighted by Gasteiger charge is 2.04. The van der Waals surface area contributed by atoms with Crippen LogP contribution in [0.1, 0.15) is 19.2 Å². The van der Waals surface area contributed by atoms with Crippen molar-refractivity contribution in [2.75, 3.05) is 18.4 Å². The van der Waals surface area contributed by atoms with Gasteiger partial charge in [0.2, 0.25) is 5.91 Å². The van der Waals surface area contributed by atoms with Gasteiger partial charge in [0, 0.05) is 18.7 Å². The normalized spacial score (nSPS) is 10.8. The fourth-order valence-corrected chi connectivity index (χ4v) is 1.82. The van der Waals surface area contributed by atoms with E-state index < -0.39 is 0 Å². The molecule has 5 heteroatoms. The van der Waals surface area contributed by atoms with Crippen molar-refractivity contribution in [3.05, 3.63) is 24.0 Å². The largest absolute Gasteiger partial charge is 0.342 e. The number of benzene rings is 1. The molecule has 1 aromatic heterocycles. The molecule has 0 atom stereocenters. The predicted molar refractivity (Wildman–Crippen MR) is 72.6 cm³/mol. The van der Waals surface area contributed by atoms with Gasteiger partial charge in [-0.05, 0) is 31.7 Å². The number of imidazole rings is 1. The Morgan fingerprint density at radius 2 is 2.28 bits per heavy atom. The standard InChI is InChI=1S/C13H18N4O/c1-3-14-7-6-13(18)17-10-4-5-11-12(8-10)16-9(2)15-11/h4-5,8,14H,3,6-7H2,1-2H3,(H,15,16)(H,17,18). The number of aromatic nitrogens is 2. The zero-order valence-corrected chi connectivity index (χ0v) is 10.7. The van der Waals surface area contributed by atoms with Crippen molar-refractivity contribution in [1.29, 1.82) is 0 Å². The number of aryl methyl sites for hydroxylation is 1. The molecule has 5 nitrogen and oxygen atoms in total. The first kappa shape index (κ1) is 12.6. The first-order valence-electron chi connectivity index (χ1n) is 6.16. The van der Waals surface area contributed by atoms with Gasteiger partial charge < -0.3 is 15.6 Å². The lowest BCUT2D eigenvalue weighted by Gasteiger charge is -2.05. The van der Waals surface area contributed by atoms with Crippen molar-refractivity contribution in [2.45, 2.75) is 20.3 Å². The third-order valence-electron chi connectivity index (χ3n) is 2.66. The summed E-state index contributed by atoms with van der Waals surface area (Å²) in [5, 5.41) is 6.00. The second kappa shape index (κ2) is 5.64. The molecule has 0 fully saturated rings. The molecule has 0 bridgehead atoms. The molecule has 1 aromatic carbocycles. The molecule has 18 heavy (non-hydrogen) atoms. The Kier molecular flexibility index (Phi) is 3.94. The predicted octanol–water partition coefficient (Wildman–Crippen LogP) is 1.81. The number of carbonyl (C=O) groups excluding carboxylic acids is 1. The smallest absolute Gasteiger partial charge is 0.225 e. The molecule has 0 aliphatic heterocycles. The van der Waals surface area contributed by atoms with Gasteiger partial charge in [-0.2, -0.15) is 0 Å². The summed E-state index contributed by atoms with van der Waals surface area (Å²) in [6.45, 7) is 5.52. The Bertz CT molecular complexity index is 547. The zero-order valence-electron chi connectivity index (χ0n) is 10.7. The minimum atomic E-state index is 0.0199. The van der Waals surface area contributed by atoms with E-state index >= 15 is 0 Å². The molecule has 3 N–H and O–H groups in total. The molecule has 0 unspecified atom stereocenters. The fourth-order valence-electron chi connectivity index (χ4n) is 1.82. The molecule has 2 rings (SSSR count). The number of nitrogens with one attached hydrogen (secondary N) is 3. The van der Waals surface area contributed by atoms with Gasteiger partial charge in [-0.1, -0.05) is 6.92 Å². The van der Waals surface area contributed by atoms with E-state index in [2.05, 4.69) is 20.6 Å². The van der Waals surface area contributed by atoms with Crippen molar-refractivity contribution in [2.24, 2.45) is 0 Å². The molecular formula is C13H18N4O. The van der Waals surface area contributed by atoms with Gasteiger partial charge in [-0.15, -0.1) is 0 Å². The SMILES string of the molecule is CCNCCC(=O)Nc1ccc2nc(C)[nH]c2c1. The van der Waals surface area contributed by atoms with Crippen LogP contribution in [-0.2, 0) is 4.79 Å². The first-order valence-corrected chi connectivity index (χ1v) is 6.16. The average molecular weight is 246 g/mol. The summed E-state index contributed by atoms with van der Waals surface area (Å²) >= 11 is 0. The van der Waals surface area contributed by atoms with E-state index in [9.17, 15) is 4.79 Å². The van der Waals surface area contributed by atoms with Gasteiger partial charge in [-0.25, -0.2) is 4.98 Å². The van der Waals surface area contributed by atoms with Crippen LogP contribution < -0.4 is 10.6 Å². The second-order valence-electron chi connectivity index (χ2n) is 4.21. The number of H-pyrrole nitrogens is 1. The maximum Gasteiger partial charge on any atom is 0.225 e. The summed E-state index contributed by atoms with van der Waals surface area (Å²) in [6, 6.07) is 5.67. The Hall–Kier alpha value is -1.88. The van der Waals surface area contributed by atoms with Crippen LogP contribution in [0.5, 0.6) is 0 Å². The number of hydrogen-bond donors (Lipinski definition) is 3. The summed E-state index contributed by atoms with van der Waals surface area (Å²) in [4.78, 5) is 19.1. The number of carbonyl (C=O) groups is 1. The lowest BCUT2D eigenvalue weighted by molar-refractivity contribution is -0.116. The highest BCUT2D eigenvalue weighted by molar-refractivity contribution is 5.93. The summed E-state index contributed by atoms with van der Waals surface area (Å²) in [5.41, 5.74) is 2.66. The number of fused-ring (bicyclic) bond motifs is 1. The Morgan fingerprint density at radius 1 is 1.44 bits per heavy atom. The van der Waals surface area contributed by atoms with Gasteiger partial charge in [0.1, 0.15) is 5.82 Å². The molecular weight excluding hydrogens is 228 g/mol. The van der Waals surface area contributed by atoms with Crippen molar-refractivity contribution >= 4 is 22.6 Å². The maximum absolute atomic E-state index is 11.7. The quantitative estimate of drug-likeness (QED) is 0.705. The van der Waals surface area contributed by atoms with E-state index in [-0.39, 0.29) is 5.91 Å². The summed E-state index contributed by atoms with van der Waals surface area (Å²) in [6.07, 6.45) is 0.480.